The number of unbranched alkanes of at least 4 members (excludes halogenated alkanes) is 20. The summed E-state index contributed by atoms with van der Waals surface area (Å²) >= 11 is 0. The largest absolute Gasteiger partial charge is 0.227 e. The fourth-order valence-electron chi connectivity index (χ4n) is 4.32. The smallest absolute Gasteiger partial charge is 0.214 e. The first-order valence-corrected chi connectivity index (χ1v) is 18.1. The van der Waals surface area contributed by atoms with Crippen molar-refractivity contribution in [2.75, 3.05) is 18.2 Å². The summed E-state index contributed by atoms with van der Waals surface area (Å²) in [4.78, 5) is 0. The molecular weight excluding hydrogens is 480 g/mol. The first kappa shape index (κ1) is 34.8. The summed E-state index contributed by atoms with van der Waals surface area (Å²) in [7, 11) is -7.64. The summed E-state index contributed by atoms with van der Waals surface area (Å²) in [5.41, 5.74) is 0. The second-order valence-electron chi connectivity index (χ2n) is 10.2. The lowest BCUT2D eigenvalue weighted by Gasteiger charge is -2.09. The van der Waals surface area contributed by atoms with Gasteiger partial charge in [0.25, 0.3) is 0 Å². The second kappa shape index (κ2) is 24.2. The van der Waals surface area contributed by atoms with Crippen molar-refractivity contribution in [1.29, 1.82) is 0 Å². The molecule has 0 heterocycles. The summed E-state index contributed by atoms with van der Waals surface area (Å²) in [5.74, 6) is 0. The van der Waals surface area contributed by atoms with Crippen LogP contribution >= 0.6 is 0 Å². The molecule has 0 radical (unpaired) electrons. The highest BCUT2D eigenvalue weighted by Crippen LogP contribution is 2.12. The van der Waals surface area contributed by atoms with Crippen LogP contribution in [0.25, 0.3) is 0 Å². The van der Waals surface area contributed by atoms with Crippen LogP contribution in [-0.2, 0) is 20.0 Å². The van der Waals surface area contributed by atoms with Crippen LogP contribution in [0, 0.1) is 0 Å². The van der Waals surface area contributed by atoms with Gasteiger partial charge in [-0.1, -0.05) is 142 Å². The summed E-state index contributed by atoms with van der Waals surface area (Å²) in [5, 5.41) is -0.879. The highest BCUT2D eigenvalue weighted by Gasteiger charge is 2.21. The maximum absolute atomic E-state index is 12.1. The average molecular weight is 539 g/mol. The molecule has 0 amide bonds. The highest BCUT2D eigenvalue weighted by molar-refractivity contribution is 8.06. The van der Waals surface area contributed by atoms with Crippen molar-refractivity contribution in [3.8, 4) is 0 Å². The molecule has 0 atom stereocenters. The molecule has 2 N–H and O–H groups in total. The van der Waals surface area contributed by atoms with Gasteiger partial charge >= 0.3 is 0 Å². The van der Waals surface area contributed by atoms with E-state index in [0.717, 1.165) is 38.5 Å². The molecule has 6 nitrogen and oxygen atoms in total. The monoisotopic (exact) mass is 538 g/mol. The fourth-order valence-corrected chi connectivity index (χ4v) is 7.53. The Hall–Kier alpha value is -0.180. The molecule has 8 heteroatoms. The molecule has 212 valence electrons. The number of sulfonamides is 2. The normalized spacial score (nSPS) is 12.4. The van der Waals surface area contributed by atoms with E-state index in [2.05, 4.69) is 23.3 Å². The summed E-state index contributed by atoms with van der Waals surface area (Å²) in [6, 6.07) is 0. The van der Waals surface area contributed by atoms with Gasteiger partial charge in [-0.25, -0.2) is 26.3 Å². The van der Waals surface area contributed by atoms with Gasteiger partial charge in [0.2, 0.25) is 20.0 Å². The zero-order valence-corrected chi connectivity index (χ0v) is 24.8. The van der Waals surface area contributed by atoms with Crippen LogP contribution in [0.5, 0.6) is 0 Å². The summed E-state index contributed by atoms with van der Waals surface area (Å²) in [6.07, 6.45) is 26.4. The first-order chi connectivity index (χ1) is 16.8. The predicted octanol–water partition coefficient (Wildman–Crippen LogP) is 7.40. The Morgan fingerprint density at radius 2 is 0.600 bits per heavy atom. The maximum atomic E-state index is 12.1. The second-order valence-corrected chi connectivity index (χ2v) is 14.2. The van der Waals surface area contributed by atoms with Gasteiger partial charge in [0.1, 0.15) is 0 Å². The quantitative estimate of drug-likeness (QED) is 0.101. The molecule has 0 aromatic heterocycles. The van der Waals surface area contributed by atoms with Crippen molar-refractivity contribution in [2.24, 2.45) is 0 Å². The maximum Gasteiger partial charge on any atom is 0.227 e. The van der Waals surface area contributed by atoms with Crippen molar-refractivity contribution in [2.45, 2.75) is 155 Å². The standard InChI is InChI=1S/C27H58N2O4S2/c1-3-5-7-9-11-13-15-17-19-21-23-25-28-34(30,31)27-35(32,33)29-26-24-22-20-18-16-14-12-10-8-6-4-2/h28-29H,3-27H2,1-2H3. The van der Waals surface area contributed by atoms with Gasteiger partial charge < -0.3 is 0 Å². The van der Waals surface area contributed by atoms with E-state index in [9.17, 15) is 16.8 Å². The van der Waals surface area contributed by atoms with E-state index in [1.807, 2.05) is 0 Å². The minimum Gasteiger partial charge on any atom is -0.214 e. The third kappa shape index (κ3) is 26.7. The van der Waals surface area contributed by atoms with E-state index in [1.165, 1.54) is 103 Å². The Bertz CT molecular complexity index is 596. The zero-order valence-electron chi connectivity index (χ0n) is 23.1. The topological polar surface area (TPSA) is 92.3 Å². The predicted molar refractivity (Wildman–Crippen MR) is 152 cm³/mol. The van der Waals surface area contributed by atoms with Crippen LogP contribution in [-0.4, -0.2) is 35.0 Å². The molecule has 0 aliphatic heterocycles. The van der Waals surface area contributed by atoms with Crippen LogP contribution in [0.3, 0.4) is 0 Å². The van der Waals surface area contributed by atoms with Gasteiger partial charge in [-0.15, -0.1) is 0 Å². The number of nitrogens with one attached hydrogen (secondary N) is 2. The van der Waals surface area contributed by atoms with Gasteiger partial charge in [0.15, 0.2) is 5.08 Å². The van der Waals surface area contributed by atoms with Crippen LogP contribution in [0.15, 0.2) is 0 Å². The molecule has 0 bridgehead atoms. The molecule has 0 saturated carbocycles. The molecule has 0 fully saturated rings. The van der Waals surface area contributed by atoms with E-state index in [0.29, 0.717) is 13.1 Å². The summed E-state index contributed by atoms with van der Waals surface area (Å²) < 4.78 is 53.4. The molecule has 0 aromatic carbocycles. The molecule has 0 aliphatic rings. The van der Waals surface area contributed by atoms with Gasteiger partial charge in [0, 0.05) is 13.1 Å². The Balaban J connectivity index is 3.64. The van der Waals surface area contributed by atoms with Gasteiger partial charge in [-0.3, -0.25) is 0 Å². The Kier molecular flexibility index (Phi) is 24.0. The molecule has 0 aliphatic carbocycles. The zero-order chi connectivity index (χ0) is 26.1. The minimum absolute atomic E-state index is 0.313. The van der Waals surface area contributed by atoms with Gasteiger partial charge in [0.05, 0.1) is 0 Å². The van der Waals surface area contributed by atoms with Crippen LogP contribution in [0.2, 0.25) is 0 Å². The van der Waals surface area contributed by atoms with E-state index < -0.39 is 25.1 Å². The lowest BCUT2D eigenvalue weighted by atomic mass is 10.1. The van der Waals surface area contributed by atoms with Crippen molar-refractivity contribution < 1.29 is 16.8 Å². The molecule has 0 spiro atoms. The molecular formula is C27H58N2O4S2. The molecule has 0 rings (SSSR count). The third-order valence-corrected chi connectivity index (χ3v) is 10.3. The van der Waals surface area contributed by atoms with Crippen molar-refractivity contribution in [1.82, 2.24) is 9.44 Å². The van der Waals surface area contributed by atoms with Crippen molar-refractivity contribution in [3.05, 3.63) is 0 Å². The Morgan fingerprint density at radius 1 is 0.371 bits per heavy atom. The third-order valence-electron chi connectivity index (χ3n) is 6.51. The van der Waals surface area contributed by atoms with E-state index in [4.69, 9.17) is 0 Å². The van der Waals surface area contributed by atoms with E-state index in [1.54, 1.807) is 0 Å². The van der Waals surface area contributed by atoms with Crippen LogP contribution < -0.4 is 9.44 Å². The van der Waals surface area contributed by atoms with Crippen molar-refractivity contribution in [3.63, 3.8) is 0 Å². The minimum atomic E-state index is -3.82. The van der Waals surface area contributed by atoms with Gasteiger partial charge in [-0.2, -0.15) is 0 Å². The van der Waals surface area contributed by atoms with Crippen LogP contribution in [0.4, 0.5) is 0 Å². The Labute approximate surface area is 219 Å². The molecule has 0 aromatic rings. The first-order valence-electron chi connectivity index (χ1n) is 14.8. The number of rotatable bonds is 28. The van der Waals surface area contributed by atoms with Gasteiger partial charge in [-0.05, 0) is 12.8 Å². The summed E-state index contributed by atoms with van der Waals surface area (Å²) in [6.45, 7) is 5.09. The van der Waals surface area contributed by atoms with Crippen molar-refractivity contribution >= 4 is 20.0 Å². The number of hydrogen-bond acceptors (Lipinski definition) is 4. The lowest BCUT2D eigenvalue weighted by Crippen LogP contribution is -2.36. The SMILES string of the molecule is CCCCCCCCCCCCCNS(=O)(=O)CS(=O)(=O)NCCCCCCCCCCCCC. The van der Waals surface area contributed by atoms with E-state index in [-0.39, 0.29) is 0 Å². The molecule has 0 saturated heterocycles. The Morgan fingerprint density at radius 3 is 0.857 bits per heavy atom. The molecule has 35 heavy (non-hydrogen) atoms. The lowest BCUT2D eigenvalue weighted by molar-refractivity contribution is 0.542. The highest BCUT2D eigenvalue weighted by atomic mass is 32.3. The van der Waals surface area contributed by atoms with E-state index >= 15 is 0 Å². The van der Waals surface area contributed by atoms with Crippen LogP contribution in [0.1, 0.15) is 155 Å². The molecule has 0 unspecified atom stereocenters. The average Bonchev–Trinajstić information content (AvgIpc) is 2.79. The fraction of sp³-hybridized carbons (Fsp3) is 1.00. The number of hydrogen-bond donors (Lipinski definition) is 2.